The molecule has 0 bridgehead atoms. The lowest BCUT2D eigenvalue weighted by Crippen LogP contribution is -2.18. The minimum Gasteiger partial charge on any atom is -0.471 e. The minimum absolute atomic E-state index is 0.00286. The number of methoxy groups -OCH3 is 1. The van der Waals surface area contributed by atoms with Crippen molar-refractivity contribution in [3.05, 3.63) is 0 Å². The number of carbonyl (C=O) groups excluding carboxylic acids is 2. The Morgan fingerprint density at radius 3 is 2.00 bits per heavy atom. The molecule has 0 radical (unpaired) electrons. The highest BCUT2D eigenvalue weighted by molar-refractivity contribution is 5.71. The molecule has 0 spiro atoms. The molecule has 0 heterocycles. The van der Waals surface area contributed by atoms with Crippen LogP contribution < -0.4 is 0 Å². The van der Waals surface area contributed by atoms with Crippen molar-refractivity contribution in [1.29, 1.82) is 0 Å². The second kappa shape index (κ2) is 18.0. The summed E-state index contributed by atoms with van der Waals surface area (Å²) in [6, 6.07) is 0. The largest absolute Gasteiger partial charge is 0.471 e. The average Bonchev–Trinajstić information content (AvgIpc) is 2.52. The van der Waals surface area contributed by atoms with Gasteiger partial charge in [-0.3, -0.25) is 9.59 Å². The van der Waals surface area contributed by atoms with E-state index in [4.69, 9.17) is 9.53 Å². The summed E-state index contributed by atoms with van der Waals surface area (Å²) in [5.41, 5.74) is 0. The average molecular weight is 316 g/mol. The molecular formula is C18H36O4. The van der Waals surface area contributed by atoms with E-state index in [-0.39, 0.29) is 11.9 Å². The predicted octanol–water partition coefficient (Wildman–Crippen LogP) is 4.75. The van der Waals surface area contributed by atoms with Crippen molar-refractivity contribution in [2.75, 3.05) is 13.7 Å². The maximum atomic E-state index is 11.5. The summed E-state index contributed by atoms with van der Waals surface area (Å²) in [5.74, 6) is 0.520. The molecule has 4 nitrogen and oxygen atoms in total. The molecule has 132 valence electrons. The molecule has 0 aromatic heterocycles. The summed E-state index contributed by atoms with van der Waals surface area (Å²) in [6.07, 6.45) is 10.1. The van der Waals surface area contributed by atoms with Crippen molar-refractivity contribution < 1.29 is 19.1 Å². The van der Waals surface area contributed by atoms with Gasteiger partial charge in [-0.05, 0) is 18.8 Å². The molecule has 0 aromatic carbocycles. The minimum atomic E-state index is -0.0509. The summed E-state index contributed by atoms with van der Waals surface area (Å²) < 4.78 is 9.24. The first-order chi connectivity index (χ1) is 10.5. The van der Waals surface area contributed by atoms with Crippen molar-refractivity contribution in [2.24, 2.45) is 11.8 Å². The number of hydrogen-bond donors (Lipinski definition) is 0. The molecule has 22 heavy (non-hydrogen) atoms. The van der Waals surface area contributed by atoms with Crippen LogP contribution in [-0.4, -0.2) is 26.2 Å². The summed E-state index contributed by atoms with van der Waals surface area (Å²) in [6.45, 7) is 9.24. The summed E-state index contributed by atoms with van der Waals surface area (Å²) in [7, 11) is 1.31. The van der Waals surface area contributed by atoms with Crippen LogP contribution in [0.4, 0.5) is 0 Å². The molecule has 0 N–H and O–H groups in total. The zero-order valence-electron chi connectivity index (χ0n) is 15.2. The van der Waals surface area contributed by atoms with Gasteiger partial charge in [-0.1, -0.05) is 66.2 Å². The van der Waals surface area contributed by atoms with Gasteiger partial charge in [0, 0.05) is 0 Å². The van der Waals surface area contributed by atoms with Crippen LogP contribution in [0.1, 0.15) is 79.1 Å². The van der Waals surface area contributed by atoms with Crippen molar-refractivity contribution in [1.82, 2.24) is 0 Å². The van der Waals surface area contributed by atoms with Gasteiger partial charge in [0.25, 0.3) is 6.47 Å². The standard InChI is InChI=1S/C16H32O2.C2H4O2/c1-5-7-9-10-12-15(11-8-6-2)13-18-16(17)14(3)4;1-4-2-3/h14-15H,5-13H2,1-4H3;2H,1H3. The number of esters is 1. The van der Waals surface area contributed by atoms with Crippen LogP contribution in [0.25, 0.3) is 0 Å². The third-order valence-electron chi connectivity index (χ3n) is 3.46. The molecule has 1 unspecified atom stereocenters. The first kappa shape index (κ1) is 23.2. The Morgan fingerprint density at radius 1 is 1.00 bits per heavy atom. The number of rotatable bonds is 12. The van der Waals surface area contributed by atoms with Gasteiger partial charge in [-0.25, -0.2) is 0 Å². The smallest absolute Gasteiger partial charge is 0.308 e. The molecule has 0 aromatic rings. The lowest BCUT2D eigenvalue weighted by atomic mass is 9.96. The lowest BCUT2D eigenvalue weighted by molar-refractivity contribution is -0.148. The van der Waals surface area contributed by atoms with Crippen LogP contribution in [0.3, 0.4) is 0 Å². The highest BCUT2D eigenvalue weighted by Crippen LogP contribution is 2.18. The van der Waals surface area contributed by atoms with Gasteiger partial charge in [-0.2, -0.15) is 0 Å². The van der Waals surface area contributed by atoms with Gasteiger partial charge in [-0.15, -0.1) is 0 Å². The van der Waals surface area contributed by atoms with Crippen molar-refractivity contribution >= 4 is 12.4 Å². The Balaban J connectivity index is 0. The maximum Gasteiger partial charge on any atom is 0.308 e. The van der Waals surface area contributed by atoms with Crippen LogP contribution in [0.2, 0.25) is 0 Å². The Bertz CT molecular complexity index is 251. The predicted molar refractivity (Wildman–Crippen MR) is 90.6 cm³/mol. The van der Waals surface area contributed by atoms with Crippen molar-refractivity contribution in [2.45, 2.75) is 79.1 Å². The second-order valence-corrected chi connectivity index (χ2v) is 5.97. The zero-order valence-corrected chi connectivity index (χ0v) is 15.2. The van der Waals surface area contributed by atoms with E-state index >= 15 is 0 Å². The molecule has 0 fully saturated rings. The van der Waals surface area contributed by atoms with E-state index in [0.717, 1.165) is 0 Å². The fraction of sp³-hybridized carbons (Fsp3) is 0.889. The summed E-state index contributed by atoms with van der Waals surface area (Å²) >= 11 is 0. The summed E-state index contributed by atoms with van der Waals surface area (Å²) in [4.78, 5) is 20.4. The van der Waals surface area contributed by atoms with Crippen LogP contribution in [0, 0.1) is 11.8 Å². The molecule has 0 saturated heterocycles. The molecule has 4 heteroatoms. The summed E-state index contributed by atoms with van der Waals surface area (Å²) in [5, 5.41) is 0. The van der Waals surface area contributed by atoms with E-state index in [9.17, 15) is 4.79 Å². The fourth-order valence-corrected chi connectivity index (χ4v) is 2.03. The second-order valence-electron chi connectivity index (χ2n) is 5.97. The zero-order chi connectivity index (χ0) is 17.2. The Morgan fingerprint density at radius 2 is 1.55 bits per heavy atom. The topological polar surface area (TPSA) is 52.6 Å². The molecule has 0 rings (SSSR count). The molecule has 1 atom stereocenters. The fourth-order valence-electron chi connectivity index (χ4n) is 2.03. The highest BCUT2D eigenvalue weighted by Gasteiger charge is 2.13. The molecule has 0 aliphatic heterocycles. The van der Waals surface area contributed by atoms with E-state index in [1.165, 1.54) is 58.5 Å². The third kappa shape index (κ3) is 17.0. The number of carbonyl (C=O) groups is 2. The molecule has 0 aliphatic carbocycles. The third-order valence-corrected chi connectivity index (χ3v) is 3.46. The van der Waals surface area contributed by atoms with Crippen molar-refractivity contribution in [3.8, 4) is 0 Å². The Hall–Kier alpha value is -1.06. The van der Waals surface area contributed by atoms with Crippen molar-refractivity contribution in [3.63, 3.8) is 0 Å². The molecule has 0 saturated carbocycles. The molecule has 0 aliphatic rings. The first-order valence-corrected chi connectivity index (χ1v) is 8.66. The van der Waals surface area contributed by atoms with Gasteiger partial charge in [0.15, 0.2) is 0 Å². The van der Waals surface area contributed by atoms with E-state index in [2.05, 4.69) is 18.6 Å². The lowest BCUT2D eigenvalue weighted by Gasteiger charge is -2.17. The van der Waals surface area contributed by atoms with Crippen LogP contribution in [0.5, 0.6) is 0 Å². The van der Waals surface area contributed by atoms with Gasteiger partial charge < -0.3 is 9.47 Å². The molecular weight excluding hydrogens is 280 g/mol. The van der Waals surface area contributed by atoms with Crippen LogP contribution in [-0.2, 0) is 19.1 Å². The Labute approximate surface area is 136 Å². The normalized spacial score (nSPS) is 11.4. The van der Waals surface area contributed by atoms with Gasteiger partial charge in [0.1, 0.15) is 0 Å². The monoisotopic (exact) mass is 316 g/mol. The molecule has 0 amide bonds. The van der Waals surface area contributed by atoms with Gasteiger partial charge in [0.05, 0.1) is 19.6 Å². The number of unbranched alkanes of at least 4 members (excludes halogenated alkanes) is 4. The first-order valence-electron chi connectivity index (χ1n) is 8.66. The Kier molecular flexibility index (Phi) is 19.0. The number of ether oxygens (including phenoxy) is 2. The van der Waals surface area contributed by atoms with E-state index in [0.29, 0.717) is 19.0 Å². The van der Waals surface area contributed by atoms with E-state index < -0.39 is 0 Å². The number of hydrogen-bond acceptors (Lipinski definition) is 4. The quantitative estimate of drug-likeness (QED) is 0.296. The van der Waals surface area contributed by atoms with E-state index in [1.54, 1.807) is 0 Å². The highest BCUT2D eigenvalue weighted by atomic mass is 16.5. The van der Waals surface area contributed by atoms with E-state index in [1.807, 2.05) is 13.8 Å². The van der Waals surface area contributed by atoms with Gasteiger partial charge in [0.2, 0.25) is 0 Å². The SMILES string of the molecule is CCCCCCC(CCCC)COC(=O)C(C)C.COC=O. The van der Waals surface area contributed by atoms with Crippen LogP contribution in [0.15, 0.2) is 0 Å². The van der Waals surface area contributed by atoms with Gasteiger partial charge >= 0.3 is 5.97 Å². The maximum absolute atomic E-state index is 11.5. The van der Waals surface area contributed by atoms with Crippen LogP contribution >= 0.6 is 0 Å².